The van der Waals surface area contributed by atoms with Gasteiger partial charge >= 0.3 is 5.97 Å². The van der Waals surface area contributed by atoms with E-state index in [2.05, 4.69) is 0 Å². The third-order valence-electron chi connectivity index (χ3n) is 3.16. The molecule has 1 unspecified atom stereocenters. The molecule has 7 nitrogen and oxygen atoms in total. The second-order valence-corrected chi connectivity index (χ2v) is 4.47. The van der Waals surface area contributed by atoms with Gasteiger partial charge in [-0.25, -0.2) is 0 Å². The number of amides is 1. The molecule has 0 aliphatic carbocycles. The molecule has 1 fully saturated rings. The molecule has 19 heavy (non-hydrogen) atoms. The molecule has 0 spiro atoms. The van der Waals surface area contributed by atoms with Crippen molar-refractivity contribution in [2.45, 2.75) is 13.3 Å². The van der Waals surface area contributed by atoms with Crippen molar-refractivity contribution in [1.82, 2.24) is 0 Å². The molecule has 1 heterocycles. The van der Waals surface area contributed by atoms with Gasteiger partial charge in [-0.05, 0) is 19.1 Å². The predicted octanol–water partition coefficient (Wildman–Crippen LogP) is 1.34. The highest BCUT2D eigenvalue weighted by atomic mass is 16.6. The number of anilines is 1. The van der Waals surface area contributed by atoms with E-state index in [1.165, 1.54) is 23.1 Å². The number of nitro benzene ring substituents is 1. The number of carbonyl (C=O) groups is 2. The smallest absolute Gasteiger partial charge is 0.308 e. The zero-order chi connectivity index (χ0) is 14.2. The summed E-state index contributed by atoms with van der Waals surface area (Å²) >= 11 is 0. The van der Waals surface area contributed by atoms with Crippen molar-refractivity contribution < 1.29 is 19.6 Å². The third kappa shape index (κ3) is 2.40. The van der Waals surface area contributed by atoms with Gasteiger partial charge in [-0.2, -0.15) is 0 Å². The molecule has 0 bridgehead atoms. The van der Waals surface area contributed by atoms with Crippen LogP contribution in [-0.2, 0) is 9.59 Å². The zero-order valence-corrected chi connectivity index (χ0v) is 10.2. The minimum atomic E-state index is -1.01. The number of carbonyl (C=O) groups excluding carboxylic acids is 1. The minimum absolute atomic E-state index is 0.0230. The Morgan fingerprint density at radius 2 is 2.21 bits per heavy atom. The summed E-state index contributed by atoms with van der Waals surface area (Å²) in [6, 6.07) is 4.32. The third-order valence-corrected chi connectivity index (χ3v) is 3.16. The quantitative estimate of drug-likeness (QED) is 0.655. The number of aliphatic carboxylic acids is 1. The van der Waals surface area contributed by atoms with E-state index in [9.17, 15) is 19.7 Å². The fourth-order valence-corrected chi connectivity index (χ4v) is 2.13. The maximum Gasteiger partial charge on any atom is 0.308 e. The van der Waals surface area contributed by atoms with Gasteiger partial charge < -0.3 is 10.0 Å². The summed E-state index contributed by atoms with van der Waals surface area (Å²) in [5.41, 5.74) is 0.913. The molecule has 0 saturated carbocycles. The number of hydrogen-bond acceptors (Lipinski definition) is 4. The van der Waals surface area contributed by atoms with Gasteiger partial charge in [-0.1, -0.05) is 0 Å². The van der Waals surface area contributed by atoms with Gasteiger partial charge in [0.05, 0.1) is 10.8 Å². The summed E-state index contributed by atoms with van der Waals surface area (Å²) in [4.78, 5) is 34.2. The molecule has 1 aromatic carbocycles. The normalized spacial score (nSPS) is 18.7. The number of aryl methyl sites for hydroxylation is 1. The lowest BCUT2D eigenvalue weighted by Crippen LogP contribution is -2.25. The van der Waals surface area contributed by atoms with Crippen LogP contribution in [0.25, 0.3) is 0 Å². The minimum Gasteiger partial charge on any atom is -0.481 e. The Balaban J connectivity index is 2.28. The van der Waals surface area contributed by atoms with E-state index < -0.39 is 16.8 Å². The van der Waals surface area contributed by atoms with Gasteiger partial charge in [0, 0.05) is 30.3 Å². The van der Waals surface area contributed by atoms with Crippen molar-refractivity contribution in [2.24, 2.45) is 5.92 Å². The van der Waals surface area contributed by atoms with Crippen LogP contribution in [-0.4, -0.2) is 28.5 Å². The Kier molecular flexibility index (Phi) is 3.20. The van der Waals surface area contributed by atoms with Crippen LogP contribution in [0.15, 0.2) is 18.2 Å². The highest BCUT2D eigenvalue weighted by Crippen LogP contribution is 2.29. The Bertz CT molecular complexity index is 569. The van der Waals surface area contributed by atoms with Gasteiger partial charge in [0.15, 0.2) is 0 Å². The van der Waals surface area contributed by atoms with Crippen LogP contribution in [0.3, 0.4) is 0 Å². The number of rotatable bonds is 3. The summed E-state index contributed by atoms with van der Waals surface area (Å²) < 4.78 is 0. The highest BCUT2D eigenvalue weighted by Gasteiger charge is 2.35. The first-order valence-corrected chi connectivity index (χ1v) is 5.68. The SMILES string of the molecule is Cc1cc(N2CC(C(=O)O)CC2=O)ccc1[N+](=O)[O-]. The van der Waals surface area contributed by atoms with Crippen molar-refractivity contribution in [1.29, 1.82) is 0 Å². The van der Waals surface area contributed by atoms with Crippen molar-refractivity contribution in [3.63, 3.8) is 0 Å². The van der Waals surface area contributed by atoms with Crippen LogP contribution in [0, 0.1) is 23.0 Å². The van der Waals surface area contributed by atoms with Crippen LogP contribution < -0.4 is 4.90 Å². The Morgan fingerprint density at radius 3 is 2.68 bits per heavy atom. The lowest BCUT2D eigenvalue weighted by atomic mass is 10.1. The van der Waals surface area contributed by atoms with E-state index in [1.807, 2.05) is 0 Å². The van der Waals surface area contributed by atoms with Crippen molar-refractivity contribution in [3.8, 4) is 0 Å². The maximum absolute atomic E-state index is 11.7. The number of carboxylic acid groups (broad SMARTS) is 1. The molecule has 1 atom stereocenters. The molecular weight excluding hydrogens is 252 g/mol. The van der Waals surface area contributed by atoms with E-state index in [0.29, 0.717) is 11.3 Å². The Hall–Kier alpha value is -2.44. The molecule has 1 amide bonds. The van der Waals surface area contributed by atoms with E-state index in [1.54, 1.807) is 6.92 Å². The first-order chi connectivity index (χ1) is 8.90. The van der Waals surface area contributed by atoms with Crippen molar-refractivity contribution in [3.05, 3.63) is 33.9 Å². The van der Waals surface area contributed by atoms with Crippen LogP contribution in [0.5, 0.6) is 0 Å². The molecule has 1 N–H and O–H groups in total. The number of carboxylic acids is 1. The zero-order valence-electron chi connectivity index (χ0n) is 10.2. The second kappa shape index (κ2) is 4.68. The molecule has 100 valence electrons. The average molecular weight is 264 g/mol. The van der Waals surface area contributed by atoms with E-state index in [0.717, 1.165) is 0 Å². The van der Waals surface area contributed by atoms with Crippen LogP contribution in [0.1, 0.15) is 12.0 Å². The molecule has 7 heteroatoms. The molecule has 0 radical (unpaired) electrons. The largest absolute Gasteiger partial charge is 0.481 e. The van der Waals surface area contributed by atoms with Gasteiger partial charge in [0.1, 0.15) is 0 Å². The van der Waals surface area contributed by atoms with Crippen LogP contribution >= 0.6 is 0 Å². The van der Waals surface area contributed by atoms with Gasteiger partial charge in [-0.3, -0.25) is 19.7 Å². The monoisotopic (exact) mass is 264 g/mol. The van der Waals surface area contributed by atoms with Crippen LogP contribution in [0.4, 0.5) is 11.4 Å². The molecular formula is C12H12N2O5. The summed E-state index contributed by atoms with van der Waals surface area (Å²) in [5.74, 6) is -2.00. The fraction of sp³-hybridized carbons (Fsp3) is 0.333. The highest BCUT2D eigenvalue weighted by molar-refractivity contribution is 5.99. The Morgan fingerprint density at radius 1 is 1.53 bits per heavy atom. The van der Waals surface area contributed by atoms with E-state index >= 15 is 0 Å². The van der Waals surface area contributed by atoms with E-state index in [4.69, 9.17) is 5.11 Å². The second-order valence-electron chi connectivity index (χ2n) is 4.47. The molecule has 0 aromatic heterocycles. The standard InChI is InChI=1S/C12H12N2O5/c1-7-4-9(2-3-10(7)14(18)19)13-6-8(12(16)17)5-11(13)15/h2-4,8H,5-6H2,1H3,(H,16,17). The number of benzene rings is 1. The molecule has 1 aliphatic rings. The van der Waals surface area contributed by atoms with Crippen LogP contribution in [0.2, 0.25) is 0 Å². The first kappa shape index (κ1) is 13.0. The molecule has 1 aliphatic heterocycles. The lowest BCUT2D eigenvalue weighted by Gasteiger charge is -2.16. The van der Waals surface area contributed by atoms with Gasteiger partial charge in [-0.15, -0.1) is 0 Å². The van der Waals surface area contributed by atoms with Gasteiger partial charge in [0.25, 0.3) is 5.69 Å². The fourth-order valence-electron chi connectivity index (χ4n) is 2.13. The molecule has 2 rings (SSSR count). The number of nitro groups is 1. The maximum atomic E-state index is 11.7. The molecule has 1 aromatic rings. The lowest BCUT2D eigenvalue weighted by molar-refractivity contribution is -0.385. The Labute approximate surface area is 108 Å². The van der Waals surface area contributed by atoms with Gasteiger partial charge in [0.2, 0.25) is 5.91 Å². The summed E-state index contributed by atoms with van der Waals surface area (Å²) in [6.45, 7) is 1.68. The average Bonchev–Trinajstić information content (AvgIpc) is 2.71. The van der Waals surface area contributed by atoms with Crippen molar-refractivity contribution >= 4 is 23.3 Å². The summed E-state index contributed by atoms with van der Waals surface area (Å²) in [5, 5.41) is 19.6. The molecule has 1 saturated heterocycles. The summed E-state index contributed by atoms with van der Waals surface area (Å²) in [7, 11) is 0. The van der Waals surface area contributed by atoms with E-state index in [-0.39, 0.29) is 24.6 Å². The first-order valence-electron chi connectivity index (χ1n) is 5.68. The van der Waals surface area contributed by atoms with Crippen molar-refractivity contribution in [2.75, 3.05) is 11.4 Å². The topological polar surface area (TPSA) is 101 Å². The predicted molar refractivity (Wildman–Crippen MR) is 65.9 cm³/mol. The number of hydrogen-bond donors (Lipinski definition) is 1. The summed E-state index contributed by atoms with van der Waals surface area (Å²) in [6.07, 6.45) is -0.0363. The number of nitrogens with zero attached hydrogens (tertiary/aromatic N) is 2.